The van der Waals surface area contributed by atoms with Gasteiger partial charge in [-0.2, -0.15) is 0 Å². The summed E-state index contributed by atoms with van der Waals surface area (Å²) >= 11 is 0. The van der Waals surface area contributed by atoms with E-state index in [9.17, 15) is 0 Å². The average Bonchev–Trinajstić information content (AvgIpc) is 2.55. The van der Waals surface area contributed by atoms with E-state index in [1.165, 1.54) is 11.3 Å². The standard InChI is InChI=1S/C16H20N4/c1-2-15(14-18-6-1)5-9-19-10-12-20(13-11-19)16-3-7-17-8-4-16/h1-4,6-8,14H,5,9-13H2. The molecule has 4 heteroatoms. The molecule has 0 aliphatic carbocycles. The van der Waals surface area contributed by atoms with E-state index < -0.39 is 0 Å². The van der Waals surface area contributed by atoms with Crippen molar-refractivity contribution in [2.75, 3.05) is 37.6 Å². The van der Waals surface area contributed by atoms with Crippen LogP contribution in [0.3, 0.4) is 0 Å². The third kappa shape index (κ3) is 3.33. The highest BCUT2D eigenvalue weighted by Gasteiger charge is 2.16. The Morgan fingerprint density at radius 1 is 0.900 bits per heavy atom. The van der Waals surface area contributed by atoms with Crippen LogP contribution in [0.2, 0.25) is 0 Å². The molecule has 0 N–H and O–H groups in total. The van der Waals surface area contributed by atoms with Gasteiger partial charge >= 0.3 is 0 Å². The summed E-state index contributed by atoms with van der Waals surface area (Å²) in [6.07, 6.45) is 8.61. The smallest absolute Gasteiger partial charge is 0.0397 e. The molecule has 0 saturated carbocycles. The first-order chi connectivity index (χ1) is 9.92. The predicted octanol–water partition coefficient (Wildman–Crippen LogP) is 1.84. The fourth-order valence-corrected chi connectivity index (χ4v) is 2.62. The van der Waals surface area contributed by atoms with Gasteiger partial charge in [-0.15, -0.1) is 0 Å². The Morgan fingerprint density at radius 2 is 1.70 bits per heavy atom. The molecule has 0 amide bonds. The molecule has 1 aliphatic heterocycles. The molecule has 1 fully saturated rings. The van der Waals surface area contributed by atoms with E-state index in [0.29, 0.717) is 0 Å². The lowest BCUT2D eigenvalue weighted by molar-refractivity contribution is 0.261. The Morgan fingerprint density at radius 3 is 2.40 bits per heavy atom. The first-order valence-corrected chi connectivity index (χ1v) is 7.18. The van der Waals surface area contributed by atoms with Crippen LogP contribution in [0.25, 0.3) is 0 Å². The molecule has 0 atom stereocenters. The van der Waals surface area contributed by atoms with Crippen LogP contribution >= 0.6 is 0 Å². The van der Waals surface area contributed by atoms with Crippen molar-refractivity contribution >= 4 is 5.69 Å². The quantitative estimate of drug-likeness (QED) is 0.847. The van der Waals surface area contributed by atoms with Crippen LogP contribution in [0.4, 0.5) is 5.69 Å². The molecule has 1 aliphatic rings. The maximum absolute atomic E-state index is 4.17. The van der Waals surface area contributed by atoms with Crippen molar-refractivity contribution in [3.05, 3.63) is 54.6 Å². The van der Waals surface area contributed by atoms with Crippen molar-refractivity contribution in [1.29, 1.82) is 0 Å². The van der Waals surface area contributed by atoms with Crippen molar-refractivity contribution < 1.29 is 0 Å². The highest BCUT2D eigenvalue weighted by atomic mass is 15.3. The Hall–Kier alpha value is -1.94. The van der Waals surface area contributed by atoms with Crippen LogP contribution in [-0.4, -0.2) is 47.6 Å². The molecule has 0 radical (unpaired) electrons. The molecule has 3 heterocycles. The van der Waals surface area contributed by atoms with E-state index in [1.807, 2.05) is 30.9 Å². The highest BCUT2D eigenvalue weighted by molar-refractivity contribution is 5.44. The minimum Gasteiger partial charge on any atom is -0.369 e. The topological polar surface area (TPSA) is 32.3 Å². The van der Waals surface area contributed by atoms with Crippen LogP contribution in [0.1, 0.15) is 5.56 Å². The van der Waals surface area contributed by atoms with Gasteiger partial charge in [0.05, 0.1) is 0 Å². The second-order valence-corrected chi connectivity index (χ2v) is 5.15. The third-order valence-electron chi connectivity index (χ3n) is 3.84. The van der Waals surface area contributed by atoms with Gasteiger partial charge in [-0.3, -0.25) is 14.9 Å². The Balaban J connectivity index is 1.47. The summed E-state index contributed by atoms with van der Waals surface area (Å²) in [5.74, 6) is 0. The lowest BCUT2D eigenvalue weighted by Crippen LogP contribution is -2.47. The zero-order valence-electron chi connectivity index (χ0n) is 11.7. The zero-order chi connectivity index (χ0) is 13.6. The maximum atomic E-state index is 4.17. The molecule has 1 saturated heterocycles. The zero-order valence-corrected chi connectivity index (χ0v) is 11.7. The van der Waals surface area contributed by atoms with Gasteiger partial charge in [0.25, 0.3) is 0 Å². The van der Waals surface area contributed by atoms with Crippen molar-refractivity contribution in [3.63, 3.8) is 0 Å². The molecular weight excluding hydrogens is 248 g/mol. The molecule has 0 unspecified atom stereocenters. The Kier molecular flexibility index (Phi) is 4.23. The molecule has 20 heavy (non-hydrogen) atoms. The Bertz CT molecular complexity index is 507. The minimum atomic E-state index is 1.09. The summed E-state index contributed by atoms with van der Waals surface area (Å²) < 4.78 is 0. The summed E-state index contributed by atoms with van der Waals surface area (Å²) in [6.45, 7) is 5.56. The van der Waals surface area contributed by atoms with Gasteiger partial charge in [0.15, 0.2) is 0 Å². The average molecular weight is 268 g/mol. The second-order valence-electron chi connectivity index (χ2n) is 5.15. The molecule has 0 bridgehead atoms. The molecule has 2 aromatic heterocycles. The molecule has 3 rings (SSSR count). The fraction of sp³-hybridized carbons (Fsp3) is 0.375. The van der Waals surface area contributed by atoms with Gasteiger partial charge in [-0.05, 0) is 30.2 Å². The van der Waals surface area contributed by atoms with Gasteiger partial charge < -0.3 is 4.90 Å². The van der Waals surface area contributed by atoms with Crippen LogP contribution in [0, 0.1) is 0 Å². The number of hydrogen-bond donors (Lipinski definition) is 0. The first kappa shape index (κ1) is 13.1. The second kappa shape index (κ2) is 6.48. The van der Waals surface area contributed by atoms with E-state index in [1.54, 1.807) is 0 Å². The number of rotatable bonds is 4. The van der Waals surface area contributed by atoms with E-state index in [-0.39, 0.29) is 0 Å². The molecule has 0 spiro atoms. The number of nitrogens with zero attached hydrogens (tertiary/aromatic N) is 4. The normalized spacial score (nSPS) is 16.3. The first-order valence-electron chi connectivity index (χ1n) is 7.18. The number of hydrogen-bond acceptors (Lipinski definition) is 4. The van der Waals surface area contributed by atoms with Gasteiger partial charge in [-0.1, -0.05) is 6.07 Å². The molecule has 4 nitrogen and oxygen atoms in total. The monoisotopic (exact) mass is 268 g/mol. The van der Waals surface area contributed by atoms with Gasteiger partial charge in [-0.25, -0.2) is 0 Å². The van der Waals surface area contributed by atoms with Gasteiger partial charge in [0.2, 0.25) is 0 Å². The van der Waals surface area contributed by atoms with Crippen molar-refractivity contribution in [1.82, 2.24) is 14.9 Å². The van der Waals surface area contributed by atoms with Crippen molar-refractivity contribution in [2.24, 2.45) is 0 Å². The predicted molar refractivity (Wildman–Crippen MR) is 80.8 cm³/mol. The molecule has 2 aromatic rings. The third-order valence-corrected chi connectivity index (χ3v) is 3.84. The highest BCUT2D eigenvalue weighted by Crippen LogP contribution is 2.14. The number of piperazine rings is 1. The van der Waals surface area contributed by atoms with E-state index in [2.05, 4.69) is 38.0 Å². The number of aromatic nitrogens is 2. The van der Waals surface area contributed by atoms with E-state index in [0.717, 1.165) is 39.1 Å². The SMILES string of the molecule is c1cncc(CCN2CCN(c3ccncc3)CC2)c1. The molecular formula is C16H20N4. The fourth-order valence-electron chi connectivity index (χ4n) is 2.62. The number of pyridine rings is 2. The largest absolute Gasteiger partial charge is 0.369 e. The van der Waals surface area contributed by atoms with Crippen molar-refractivity contribution in [3.8, 4) is 0 Å². The van der Waals surface area contributed by atoms with Crippen molar-refractivity contribution in [2.45, 2.75) is 6.42 Å². The summed E-state index contributed by atoms with van der Waals surface area (Å²) in [6, 6.07) is 8.34. The summed E-state index contributed by atoms with van der Waals surface area (Å²) in [5.41, 5.74) is 2.61. The van der Waals surface area contributed by atoms with Crippen LogP contribution in [0.15, 0.2) is 49.1 Å². The Labute approximate surface area is 120 Å². The summed E-state index contributed by atoms with van der Waals surface area (Å²) in [7, 11) is 0. The van der Waals surface area contributed by atoms with Crippen LogP contribution in [0.5, 0.6) is 0 Å². The summed E-state index contributed by atoms with van der Waals surface area (Å²) in [4.78, 5) is 13.2. The van der Waals surface area contributed by atoms with E-state index in [4.69, 9.17) is 0 Å². The lowest BCUT2D eigenvalue weighted by atomic mass is 10.2. The molecule has 0 aromatic carbocycles. The maximum Gasteiger partial charge on any atom is 0.0397 e. The van der Waals surface area contributed by atoms with E-state index >= 15 is 0 Å². The molecule has 104 valence electrons. The summed E-state index contributed by atoms with van der Waals surface area (Å²) in [5, 5.41) is 0. The van der Waals surface area contributed by atoms with Crippen LogP contribution < -0.4 is 4.90 Å². The van der Waals surface area contributed by atoms with Gasteiger partial charge in [0, 0.05) is 63.2 Å². The lowest BCUT2D eigenvalue weighted by Gasteiger charge is -2.36. The number of anilines is 1. The minimum absolute atomic E-state index is 1.09. The van der Waals surface area contributed by atoms with Gasteiger partial charge in [0.1, 0.15) is 0 Å². The van der Waals surface area contributed by atoms with Crippen LogP contribution in [-0.2, 0) is 6.42 Å².